The monoisotopic (exact) mass is 226 g/mol. The molecule has 2 nitrogen and oxygen atoms in total. The van der Waals surface area contributed by atoms with Crippen molar-refractivity contribution in [3.05, 3.63) is 35.4 Å². The molecular weight excluding hydrogens is 216 g/mol. The topological polar surface area (TPSA) is 34.1 Å². The van der Waals surface area contributed by atoms with E-state index in [4.69, 9.17) is 0 Å². The molecule has 0 spiro atoms. The molecule has 0 bridgehead atoms. The number of carbonyl (C=O) groups excluding carboxylic acids is 2. The number of rotatable bonds is 3. The van der Waals surface area contributed by atoms with Gasteiger partial charge in [-0.2, -0.15) is 0 Å². The number of hydrogen-bond acceptors (Lipinski definition) is 3. The minimum atomic E-state index is -0.285. The molecular formula is C10H10O2S2. The van der Waals surface area contributed by atoms with Gasteiger partial charge in [-0.25, -0.2) is 0 Å². The molecule has 0 saturated carbocycles. The molecule has 0 unspecified atom stereocenters. The predicted octanol–water partition coefficient (Wildman–Crippen LogP) is 2.65. The van der Waals surface area contributed by atoms with Crippen LogP contribution >= 0.6 is 24.4 Å². The predicted molar refractivity (Wildman–Crippen MR) is 62.2 cm³/mol. The first-order valence-electron chi connectivity index (χ1n) is 4.15. The lowest BCUT2D eigenvalue weighted by Gasteiger charge is -1.99. The quantitative estimate of drug-likeness (QED) is 0.805. The van der Waals surface area contributed by atoms with Crippen LogP contribution in [0.3, 0.4) is 0 Å². The molecule has 4 heteroatoms. The van der Waals surface area contributed by atoms with Gasteiger partial charge in [0.25, 0.3) is 0 Å². The Hall–Kier alpha value is -0.740. The van der Waals surface area contributed by atoms with Gasteiger partial charge >= 0.3 is 0 Å². The smallest absolute Gasteiger partial charge is 0.219 e. The highest BCUT2D eigenvalue weighted by Crippen LogP contribution is 2.13. The Morgan fingerprint density at radius 3 is 2.14 bits per heavy atom. The molecule has 0 aliphatic carbocycles. The number of hydrogen-bond donors (Lipinski definition) is 1. The Morgan fingerprint density at radius 1 is 1.21 bits per heavy atom. The van der Waals surface area contributed by atoms with Crippen molar-refractivity contribution >= 4 is 34.6 Å². The molecule has 0 aliphatic rings. The maximum absolute atomic E-state index is 11.4. The lowest BCUT2D eigenvalue weighted by molar-refractivity contribution is 0.107. The van der Waals surface area contributed by atoms with Crippen LogP contribution in [-0.4, -0.2) is 16.0 Å². The lowest BCUT2D eigenvalue weighted by atomic mass is 10.2. The molecule has 0 aromatic heterocycles. The average Bonchev–Trinajstić information content (AvgIpc) is 2.18. The third kappa shape index (κ3) is 2.89. The molecule has 1 aromatic carbocycles. The third-order valence-electron chi connectivity index (χ3n) is 1.64. The van der Waals surface area contributed by atoms with Crippen molar-refractivity contribution < 1.29 is 9.59 Å². The van der Waals surface area contributed by atoms with Gasteiger partial charge in [0.1, 0.15) is 0 Å². The number of benzene rings is 1. The van der Waals surface area contributed by atoms with E-state index in [1.54, 1.807) is 24.3 Å². The molecule has 0 saturated heterocycles. The Balaban J connectivity index is 2.83. The van der Waals surface area contributed by atoms with Crippen molar-refractivity contribution in [3.63, 3.8) is 0 Å². The van der Waals surface area contributed by atoms with Crippen LogP contribution in [-0.2, 0) is 0 Å². The molecule has 0 atom stereocenters. The zero-order valence-corrected chi connectivity index (χ0v) is 9.40. The van der Waals surface area contributed by atoms with E-state index in [0.29, 0.717) is 11.1 Å². The van der Waals surface area contributed by atoms with Gasteiger partial charge in [-0.1, -0.05) is 18.7 Å². The Labute approximate surface area is 92.5 Å². The zero-order valence-electron chi connectivity index (χ0n) is 7.69. The molecule has 0 heterocycles. The number of thiol groups is 1. The van der Waals surface area contributed by atoms with Crippen molar-refractivity contribution in [2.24, 2.45) is 0 Å². The van der Waals surface area contributed by atoms with Gasteiger partial charge in [0.05, 0.1) is 0 Å². The molecule has 0 radical (unpaired) electrons. The zero-order chi connectivity index (χ0) is 10.6. The van der Waals surface area contributed by atoms with Crippen molar-refractivity contribution in [2.45, 2.75) is 6.92 Å². The number of carbonyl (C=O) groups is 2. The molecule has 0 fully saturated rings. The van der Waals surface area contributed by atoms with E-state index in [1.165, 1.54) is 11.8 Å². The summed E-state index contributed by atoms with van der Waals surface area (Å²) in [6.07, 6.45) is 0. The van der Waals surface area contributed by atoms with Crippen LogP contribution in [0.2, 0.25) is 0 Å². The van der Waals surface area contributed by atoms with Gasteiger partial charge in [-0.05, 0) is 30.0 Å². The minimum absolute atomic E-state index is 0.0330. The molecule has 14 heavy (non-hydrogen) atoms. The first kappa shape index (κ1) is 11.3. The van der Waals surface area contributed by atoms with Gasteiger partial charge in [0, 0.05) is 11.1 Å². The van der Waals surface area contributed by atoms with Crippen molar-refractivity contribution in [1.29, 1.82) is 0 Å². The fourth-order valence-electron chi connectivity index (χ4n) is 0.963. The van der Waals surface area contributed by atoms with E-state index < -0.39 is 0 Å². The van der Waals surface area contributed by atoms with Gasteiger partial charge < -0.3 is 0 Å². The molecule has 1 aromatic rings. The van der Waals surface area contributed by atoms with E-state index >= 15 is 0 Å². The second-order valence-electron chi connectivity index (χ2n) is 2.60. The SMILES string of the molecule is CCSC(=O)c1ccc(C(=O)S)cc1. The fraction of sp³-hybridized carbons (Fsp3) is 0.200. The summed E-state index contributed by atoms with van der Waals surface area (Å²) in [5, 5.41) is -0.252. The van der Waals surface area contributed by atoms with Gasteiger partial charge in [0.2, 0.25) is 10.2 Å². The maximum atomic E-state index is 11.4. The summed E-state index contributed by atoms with van der Waals surface area (Å²) in [7, 11) is 0. The van der Waals surface area contributed by atoms with Crippen molar-refractivity contribution in [3.8, 4) is 0 Å². The van der Waals surface area contributed by atoms with Crippen LogP contribution < -0.4 is 0 Å². The fourth-order valence-corrected chi connectivity index (χ4v) is 1.68. The second-order valence-corrected chi connectivity index (χ2v) is 4.25. The van der Waals surface area contributed by atoms with Crippen LogP contribution in [0.25, 0.3) is 0 Å². The minimum Gasteiger partial charge on any atom is -0.282 e. The van der Waals surface area contributed by atoms with Gasteiger partial charge in [-0.3, -0.25) is 9.59 Å². The summed E-state index contributed by atoms with van der Waals surface area (Å²) in [4.78, 5) is 22.2. The van der Waals surface area contributed by atoms with Crippen LogP contribution in [0.15, 0.2) is 24.3 Å². The molecule has 74 valence electrons. The third-order valence-corrected chi connectivity index (χ3v) is 2.69. The van der Waals surface area contributed by atoms with Crippen LogP contribution in [0, 0.1) is 0 Å². The highest BCUT2D eigenvalue weighted by Gasteiger charge is 2.06. The van der Waals surface area contributed by atoms with Gasteiger partial charge in [0.15, 0.2) is 0 Å². The largest absolute Gasteiger partial charge is 0.282 e. The maximum Gasteiger partial charge on any atom is 0.219 e. The van der Waals surface area contributed by atoms with Crippen LogP contribution in [0.1, 0.15) is 27.6 Å². The Kier molecular flexibility index (Phi) is 4.22. The summed E-state index contributed by atoms with van der Waals surface area (Å²) in [6.45, 7) is 1.92. The van der Waals surface area contributed by atoms with E-state index in [1.807, 2.05) is 6.92 Å². The second kappa shape index (κ2) is 5.22. The highest BCUT2D eigenvalue weighted by molar-refractivity contribution is 8.14. The molecule has 1 rings (SSSR count). The number of thioether (sulfide) groups is 1. The van der Waals surface area contributed by atoms with Crippen molar-refractivity contribution in [2.75, 3.05) is 5.75 Å². The summed E-state index contributed by atoms with van der Waals surface area (Å²) in [5.41, 5.74) is 1.13. The van der Waals surface area contributed by atoms with E-state index in [9.17, 15) is 9.59 Å². The van der Waals surface area contributed by atoms with Gasteiger partial charge in [-0.15, -0.1) is 12.6 Å². The van der Waals surface area contributed by atoms with E-state index in [0.717, 1.165) is 5.75 Å². The first-order chi connectivity index (χ1) is 6.65. The van der Waals surface area contributed by atoms with E-state index in [2.05, 4.69) is 12.6 Å². The standard InChI is InChI=1S/C10H10O2S2/c1-2-14-10(12)8-5-3-7(4-6-8)9(11)13/h3-6H,2H2,1H3,(H,11,13). The normalized spacial score (nSPS) is 9.86. The molecule has 0 aliphatic heterocycles. The van der Waals surface area contributed by atoms with Crippen molar-refractivity contribution in [1.82, 2.24) is 0 Å². The van der Waals surface area contributed by atoms with Crippen LogP contribution in [0.4, 0.5) is 0 Å². The summed E-state index contributed by atoms with van der Waals surface area (Å²) in [6, 6.07) is 6.51. The highest BCUT2D eigenvalue weighted by atomic mass is 32.2. The Bertz CT molecular complexity index is 344. The molecule has 0 N–H and O–H groups in total. The average molecular weight is 226 g/mol. The van der Waals surface area contributed by atoms with Crippen LogP contribution in [0.5, 0.6) is 0 Å². The molecule has 0 amide bonds. The summed E-state index contributed by atoms with van der Waals surface area (Å²) >= 11 is 4.94. The summed E-state index contributed by atoms with van der Waals surface area (Å²) in [5.74, 6) is 0.756. The summed E-state index contributed by atoms with van der Waals surface area (Å²) < 4.78 is 0. The lowest BCUT2D eigenvalue weighted by Crippen LogP contribution is -1.95. The van der Waals surface area contributed by atoms with E-state index in [-0.39, 0.29) is 10.2 Å². The Morgan fingerprint density at radius 2 is 1.71 bits per heavy atom. The first-order valence-corrected chi connectivity index (χ1v) is 5.59.